The lowest BCUT2D eigenvalue weighted by Gasteiger charge is -2.22. The summed E-state index contributed by atoms with van der Waals surface area (Å²) in [7, 11) is 0. The SMILES string of the molecule is CCN(CCCN1CCCC1)CCC(=N)N. The van der Waals surface area contributed by atoms with Gasteiger partial charge in [-0.15, -0.1) is 0 Å². The van der Waals surface area contributed by atoms with Crippen LogP contribution in [0.4, 0.5) is 0 Å². The molecule has 1 rings (SSSR count). The number of nitrogens with two attached hydrogens (primary N) is 1. The summed E-state index contributed by atoms with van der Waals surface area (Å²) in [5, 5.41) is 7.22. The Morgan fingerprint density at radius 2 is 2.00 bits per heavy atom. The second-order valence-corrected chi connectivity index (χ2v) is 4.61. The third kappa shape index (κ3) is 5.47. The molecule has 0 spiro atoms. The van der Waals surface area contributed by atoms with Gasteiger partial charge in [0.25, 0.3) is 0 Å². The molecule has 1 fully saturated rings. The highest BCUT2D eigenvalue weighted by Gasteiger charge is 2.11. The van der Waals surface area contributed by atoms with Gasteiger partial charge in [-0.2, -0.15) is 0 Å². The maximum Gasteiger partial charge on any atom is 0.0918 e. The lowest BCUT2D eigenvalue weighted by Crippen LogP contribution is -2.31. The monoisotopic (exact) mass is 226 g/mol. The molecule has 1 heterocycles. The maximum atomic E-state index is 7.22. The molecule has 0 aromatic carbocycles. The molecule has 4 nitrogen and oxygen atoms in total. The zero-order valence-corrected chi connectivity index (χ0v) is 10.5. The van der Waals surface area contributed by atoms with E-state index in [4.69, 9.17) is 11.1 Å². The number of amidine groups is 1. The third-order valence-electron chi connectivity index (χ3n) is 3.29. The van der Waals surface area contributed by atoms with Crippen LogP contribution in [0.1, 0.15) is 32.6 Å². The smallest absolute Gasteiger partial charge is 0.0918 e. The van der Waals surface area contributed by atoms with Crippen LogP contribution in [-0.2, 0) is 0 Å². The molecule has 1 aliphatic heterocycles. The predicted molar refractivity (Wildman–Crippen MR) is 68.9 cm³/mol. The molecule has 3 N–H and O–H groups in total. The van der Waals surface area contributed by atoms with Gasteiger partial charge in [0, 0.05) is 13.0 Å². The first-order chi connectivity index (χ1) is 7.72. The molecular formula is C12H26N4. The Hall–Kier alpha value is -0.610. The predicted octanol–water partition coefficient (Wildman–Crippen LogP) is 1.12. The third-order valence-corrected chi connectivity index (χ3v) is 3.29. The number of rotatable bonds is 8. The first kappa shape index (κ1) is 13.5. The van der Waals surface area contributed by atoms with E-state index in [1.165, 1.54) is 38.9 Å². The topological polar surface area (TPSA) is 56.4 Å². The standard InChI is InChI=1S/C12H26N4/c1-2-15(11-6-12(13)14)9-5-10-16-7-3-4-8-16/h2-11H2,1H3,(H3,13,14). The van der Waals surface area contributed by atoms with Crippen LogP contribution < -0.4 is 5.73 Å². The molecule has 0 aromatic rings. The maximum absolute atomic E-state index is 7.22. The summed E-state index contributed by atoms with van der Waals surface area (Å²) in [6.45, 7) is 9.13. The van der Waals surface area contributed by atoms with Crippen LogP contribution >= 0.6 is 0 Å². The van der Waals surface area contributed by atoms with E-state index in [2.05, 4.69) is 16.7 Å². The van der Waals surface area contributed by atoms with Crippen LogP contribution in [0.25, 0.3) is 0 Å². The fourth-order valence-electron chi connectivity index (χ4n) is 2.23. The van der Waals surface area contributed by atoms with Crippen LogP contribution in [0, 0.1) is 5.41 Å². The first-order valence-electron chi connectivity index (χ1n) is 6.50. The number of nitrogens with one attached hydrogen (secondary N) is 1. The quantitative estimate of drug-likeness (QED) is 0.482. The number of likely N-dealkylation sites (tertiary alicyclic amines) is 1. The summed E-state index contributed by atoms with van der Waals surface area (Å²) in [6.07, 6.45) is 4.70. The lowest BCUT2D eigenvalue weighted by atomic mass is 10.3. The molecule has 0 bridgehead atoms. The lowest BCUT2D eigenvalue weighted by molar-refractivity contribution is 0.259. The van der Waals surface area contributed by atoms with Crippen LogP contribution in [0.3, 0.4) is 0 Å². The summed E-state index contributed by atoms with van der Waals surface area (Å²) in [5.41, 5.74) is 5.37. The zero-order valence-electron chi connectivity index (χ0n) is 10.5. The molecule has 0 saturated carbocycles. The van der Waals surface area contributed by atoms with Gasteiger partial charge < -0.3 is 15.5 Å². The number of hydrogen-bond acceptors (Lipinski definition) is 3. The summed E-state index contributed by atoms with van der Waals surface area (Å²) < 4.78 is 0. The second kappa shape index (κ2) is 7.63. The molecular weight excluding hydrogens is 200 g/mol. The highest BCUT2D eigenvalue weighted by atomic mass is 15.2. The van der Waals surface area contributed by atoms with Crippen molar-refractivity contribution in [3.05, 3.63) is 0 Å². The minimum Gasteiger partial charge on any atom is -0.388 e. The first-order valence-corrected chi connectivity index (χ1v) is 6.50. The van der Waals surface area contributed by atoms with Gasteiger partial charge in [0.2, 0.25) is 0 Å². The summed E-state index contributed by atoms with van der Waals surface area (Å²) in [4.78, 5) is 4.94. The van der Waals surface area contributed by atoms with E-state index in [9.17, 15) is 0 Å². The van der Waals surface area contributed by atoms with Gasteiger partial charge in [-0.25, -0.2) is 0 Å². The Bertz CT molecular complexity index is 199. The molecule has 1 aliphatic rings. The Labute approximate surface area is 99.3 Å². The molecule has 0 radical (unpaired) electrons. The summed E-state index contributed by atoms with van der Waals surface area (Å²) >= 11 is 0. The second-order valence-electron chi connectivity index (χ2n) is 4.61. The molecule has 1 saturated heterocycles. The van der Waals surface area contributed by atoms with E-state index in [1.807, 2.05) is 0 Å². The Balaban J connectivity index is 2.05. The van der Waals surface area contributed by atoms with Crippen molar-refractivity contribution in [3.8, 4) is 0 Å². The van der Waals surface area contributed by atoms with Crippen molar-refractivity contribution < 1.29 is 0 Å². The van der Waals surface area contributed by atoms with Crippen LogP contribution in [-0.4, -0.2) is 54.9 Å². The Morgan fingerprint density at radius 3 is 2.56 bits per heavy atom. The minimum absolute atomic E-state index is 0.304. The average molecular weight is 226 g/mol. The fraction of sp³-hybridized carbons (Fsp3) is 0.917. The van der Waals surface area contributed by atoms with E-state index in [0.29, 0.717) is 12.3 Å². The van der Waals surface area contributed by atoms with Gasteiger partial charge in [-0.3, -0.25) is 5.41 Å². The molecule has 0 aliphatic carbocycles. The zero-order chi connectivity index (χ0) is 11.8. The van der Waals surface area contributed by atoms with Crippen LogP contribution in [0.5, 0.6) is 0 Å². The van der Waals surface area contributed by atoms with Crippen molar-refractivity contribution in [3.63, 3.8) is 0 Å². The fourth-order valence-corrected chi connectivity index (χ4v) is 2.23. The van der Waals surface area contributed by atoms with Crippen LogP contribution in [0.2, 0.25) is 0 Å². The summed E-state index contributed by atoms with van der Waals surface area (Å²) in [6, 6.07) is 0. The van der Waals surface area contributed by atoms with Crippen molar-refractivity contribution in [2.75, 3.05) is 39.3 Å². The average Bonchev–Trinajstić information content (AvgIpc) is 2.75. The number of hydrogen-bond donors (Lipinski definition) is 2. The van der Waals surface area contributed by atoms with E-state index in [1.54, 1.807) is 0 Å². The number of nitrogens with zero attached hydrogens (tertiary/aromatic N) is 2. The molecule has 4 heteroatoms. The molecule has 0 unspecified atom stereocenters. The highest BCUT2D eigenvalue weighted by molar-refractivity contribution is 5.76. The Morgan fingerprint density at radius 1 is 1.31 bits per heavy atom. The van der Waals surface area contributed by atoms with Crippen molar-refractivity contribution in [1.29, 1.82) is 5.41 Å². The van der Waals surface area contributed by atoms with Crippen LogP contribution in [0.15, 0.2) is 0 Å². The van der Waals surface area contributed by atoms with Crippen molar-refractivity contribution in [2.45, 2.75) is 32.6 Å². The summed E-state index contributed by atoms with van der Waals surface area (Å²) in [5.74, 6) is 0.304. The normalized spacial score (nSPS) is 17.1. The van der Waals surface area contributed by atoms with Gasteiger partial charge in [-0.1, -0.05) is 6.92 Å². The van der Waals surface area contributed by atoms with Gasteiger partial charge in [0.05, 0.1) is 5.84 Å². The molecule has 0 atom stereocenters. The van der Waals surface area contributed by atoms with E-state index < -0.39 is 0 Å². The molecule has 0 amide bonds. The highest BCUT2D eigenvalue weighted by Crippen LogP contribution is 2.07. The minimum atomic E-state index is 0.304. The van der Waals surface area contributed by atoms with E-state index in [-0.39, 0.29) is 0 Å². The van der Waals surface area contributed by atoms with Gasteiger partial charge >= 0.3 is 0 Å². The van der Waals surface area contributed by atoms with Gasteiger partial charge in [-0.05, 0) is 52.0 Å². The molecule has 94 valence electrons. The van der Waals surface area contributed by atoms with Gasteiger partial charge in [0.1, 0.15) is 0 Å². The van der Waals surface area contributed by atoms with Crippen molar-refractivity contribution >= 4 is 5.84 Å². The Kier molecular flexibility index (Phi) is 6.42. The van der Waals surface area contributed by atoms with E-state index >= 15 is 0 Å². The van der Waals surface area contributed by atoms with E-state index in [0.717, 1.165) is 19.6 Å². The largest absolute Gasteiger partial charge is 0.388 e. The molecule has 16 heavy (non-hydrogen) atoms. The van der Waals surface area contributed by atoms with Gasteiger partial charge in [0.15, 0.2) is 0 Å². The molecule has 0 aromatic heterocycles. The van der Waals surface area contributed by atoms with Crippen molar-refractivity contribution in [2.24, 2.45) is 5.73 Å². The van der Waals surface area contributed by atoms with Crippen molar-refractivity contribution in [1.82, 2.24) is 9.80 Å².